The average Bonchev–Trinajstić information content (AvgIpc) is 2.45. The molecule has 1 aromatic rings. The van der Waals surface area contributed by atoms with Gasteiger partial charge in [-0.3, -0.25) is 0 Å². The molecule has 0 aliphatic heterocycles. The van der Waals surface area contributed by atoms with Crippen LogP contribution in [0.1, 0.15) is 51.0 Å². The maximum atomic E-state index is 3.70. The molecule has 0 aromatic heterocycles. The molecule has 2 rings (SSSR count). The third-order valence-corrected chi connectivity index (χ3v) is 5.49. The van der Waals surface area contributed by atoms with Crippen molar-refractivity contribution in [2.45, 2.75) is 63.3 Å². The number of likely N-dealkylation sites (N-methyl/N-ethyl adjacent to an activating group) is 1. The summed E-state index contributed by atoms with van der Waals surface area (Å²) in [7, 11) is 0. The first-order valence-electron chi connectivity index (χ1n) is 8.42. The Morgan fingerprint density at radius 1 is 1.14 bits per heavy atom. The minimum Gasteiger partial charge on any atom is -0.310 e. The van der Waals surface area contributed by atoms with Gasteiger partial charge in [-0.05, 0) is 50.8 Å². The number of hydrogen-bond donors (Lipinski definition) is 1. The first-order chi connectivity index (χ1) is 10.3. The number of allylic oxidation sites excluding steroid dienone is 1. The number of aryl methyl sites for hydroxylation is 1. The van der Waals surface area contributed by atoms with Crippen LogP contribution in [0.15, 0.2) is 40.8 Å². The van der Waals surface area contributed by atoms with E-state index in [1.165, 1.54) is 49.0 Å². The standard InChI is InChI=1S/C19H29NS/c1-3-20-18(17-12-7-5-4-6-8-13-17)15-21-19-14-10-9-11-16(19)2/h9-12,14,18,20H,3-8,13,15H2,1-2H3/b17-12+. The summed E-state index contributed by atoms with van der Waals surface area (Å²) >= 11 is 2.00. The van der Waals surface area contributed by atoms with Crippen LogP contribution in [-0.2, 0) is 0 Å². The zero-order valence-electron chi connectivity index (χ0n) is 13.5. The number of thioether (sulfide) groups is 1. The highest BCUT2D eigenvalue weighted by Crippen LogP contribution is 2.26. The van der Waals surface area contributed by atoms with Crippen molar-refractivity contribution in [3.8, 4) is 0 Å². The van der Waals surface area contributed by atoms with Gasteiger partial charge in [0.25, 0.3) is 0 Å². The monoisotopic (exact) mass is 303 g/mol. The van der Waals surface area contributed by atoms with E-state index in [4.69, 9.17) is 0 Å². The van der Waals surface area contributed by atoms with E-state index in [2.05, 4.69) is 49.5 Å². The number of hydrogen-bond acceptors (Lipinski definition) is 2. The third kappa shape index (κ3) is 5.52. The van der Waals surface area contributed by atoms with Crippen molar-refractivity contribution in [3.63, 3.8) is 0 Å². The van der Waals surface area contributed by atoms with Gasteiger partial charge in [0, 0.05) is 16.7 Å². The van der Waals surface area contributed by atoms with Gasteiger partial charge in [-0.25, -0.2) is 0 Å². The molecule has 1 N–H and O–H groups in total. The largest absolute Gasteiger partial charge is 0.310 e. The number of benzene rings is 1. The van der Waals surface area contributed by atoms with Gasteiger partial charge >= 0.3 is 0 Å². The van der Waals surface area contributed by atoms with E-state index >= 15 is 0 Å². The summed E-state index contributed by atoms with van der Waals surface area (Å²) < 4.78 is 0. The van der Waals surface area contributed by atoms with Gasteiger partial charge in [0.05, 0.1) is 0 Å². The van der Waals surface area contributed by atoms with Crippen molar-refractivity contribution < 1.29 is 0 Å². The summed E-state index contributed by atoms with van der Waals surface area (Å²) in [4.78, 5) is 1.42. The van der Waals surface area contributed by atoms with Crippen LogP contribution in [0.3, 0.4) is 0 Å². The Kier molecular flexibility index (Phi) is 7.38. The first-order valence-corrected chi connectivity index (χ1v) is 9.40. The molecular weight excluding hydrogens is 274 g/mol. The minimum absolute atomic E-state index is 0.540. The van der Waals surface area contributed by atoms with E-state index in [1.54, 1.807) is 5.57 Å². The van der Waals surface area contributed by atoms with Gasteiger partial charge in [0.2, 0.25) is 0 Å². The third-order valence-electron chi connectivity index (χ3n) is 4.22. The van der Waals surface area contributed by atoms with Gasteiger partial charge in [-0.2, -0.15) is 0 Å². The highest BCUT2D eigenvalue weighted by atomic mass is 32.2. The predicted octanol–water partition coefficient (Wildman–Crippen LogP) is 5.35. The van der Waals surface area contributed by atoms with Crippen molar-refractivity contribution in [2.24, 2.45) is 0 Å². The smallest absolute Gasteiger partial charge is 0.0374 e. The highest BCUT2D eigenvalue weighted by molar-refractivity contribution is 7.99. The molecule has 1 atom stereocenters. The molecule has 0 saturated heterocycles. The van der Waals surface area contributed by atoms with E-state index in [0.717, 1.165) is 12.3 Å². The van der Waals surface area contributed by atoms with E-state index in [0.29, 0.717) is 6.04 Å². The Labute approximate surface area is 134 Å². The van der Waals surface area contributed by atoms with Crippen molar-refractivity contribution in [1.29, 1.82) is 0 Å². The molecule has 0 spiro atoms. The van der Waals surface area contributed by atoms with Gasteiger partial charge in [-0.15, -0.1) is 11.8 Å². The first kappa shape index (κ1) is 16.6. The summed E-state index contributed by atoms with van der Waals surface area (Å²) in [5.74, 6) is 1.14. The summed E-state index contributed by atoms with van der Waals surface area (Å²) in [5.41, 5.74) is 3.04. The molecule has 1 nitrogen and oxygen atoms in total. The molecule has 0 radical (unpaired) electrons. The van der Waals surface area contributed by atoms with Gasteiger partial charge in [0.1, 0.15) is 0 Å². The molecule has 21 heavy (non-hydrogen) atoms. The van der Waals surface area contributed by atoms with E-state index < -0.39 is 0 Å². The predicted molar refractivity (Wildman–Crippen MR) is 95.2 cm³/mol. The zero-order valence-corrected chi connectivity index (χ0v) is 14.3. The van der Waals surface area contributed by atoms with E-state index in [1.807, 2.05) is 11.8 Å². The Morgan fingerprint density at radius 2 is 1.95 bits per heavy atom. The fraction of sp³-hybridized carbons (Fsp3) is 0.579. The van der Waals surface area contributed by atoms with Gasteiger partial charge in [0.15, 0.2) is 0 Å². The van der Waals surface area contributed by atoms with Crippen LogP contribution >= 0.6 is 11.8 Å². The minimum atomic E-state index is 0.540. The number of nitrogens with one attached hydrogen (secondary N) is 1. The molecule has 0 saturated carbocycles. The Balaban J connectivity index is 1.99. The lowest BCUT2D eigenvalue weighted by molar-refractivity contribution is 0.566. The topological polar surface area (TPSA) is 12.0 Å². The zero-order chi connectivity index (χ0) is 14.9. The van der Waals surface area contributed by atoms with Gasteiger partial charge < -0.3 is 5.32 Å². The van der Waals surface area contributed by atoms with Crippen LogP contribution in [0.4, 0.5) is 0 Å². The lowest BCUT2D eigenvalue weighted by Gasteiger charge is -2.23. The van der Waals surface area contributed by atoms with Crippen LogP contribution in [-0.4, -0.2) is 18.3 Å². The maximum Gasteiger partial charge on any atom is 0.0374 e. The molecule has 1 unspecified atom stereocenters. The summed E-state index contributed by atoms with van der Waals surface area (Å²) in [6.07, 6.45) is 10.6. The second-order valence-corrected chi connectivity index (χ2v) is 6.98. The molecule has 116 valence electrons. The Hall–Kier alpha value is -0.730. The van der Waals surface area contributed by atoms with Crippen molar-refractivity contribution in [1.82, 2.24) is 5.32 Å². The Morgan fingerprint density at radius 3 is 2.76 bits per heavy atom. The molecule has 1 aliphatic carbocycles. The van der Waals surface area contributed by atoms with Crippen LogP contribution < -0.4 is 5.32 Å². The summed E-state index contributed by atoms with van der Waals surface area (Å²) in [6.45, 7) is 5.48. The Bertz CT molecular complexity index is 453. The number of rotatable bonds is 6. The average molecular weight is 304 g/mol. The molecule has 1 aliphatic rings. The van der Waals surface area contributed by atoms with E-state index in [-0.39, 0.29) is 0 Å². The van der Waals surface area contributed by atoms with Crippen molar-refractivity contribution in [2.75, 3.05) is 12.3 Å². The van der Waals surface area contributed by atoms with Crippen LogP contribution in [0.2, 0.25) is 0 Å². The lowest BCUT2D eigenvalue weighted by Crippen LogP contribution is -2.33. The van der Waals surface area contributed by atoms with Crippen molar-refractivity contribution in [3.05, 3.63) is 41.5 Å². The van der Waals surface area contributed by atoms with Crippen molar-refractivity contribution >= 4 is 11.8 Å². The van der Waals surface area contributed by atoms with Crippen LogP contribution in [0, 0.1) is 6.92 Å². The summed E-state index contributed by atoms with van der Waals surface area (Å²) in [6, 6.07) is 9.26. The second kappa shape index (κ2) is 9.32. The SMILES string of the molecule is CCNC(CSc1ccccc1C)/C1=C/CCCCCC1. The molecule has 0 amide bonds. The molecule has 1 aromatic carbocycles. The van der Waals surface area contributed by atoms with Crippen LogP contribution in [0.5, 0.6) is 0 Å². The fourth-order valence-corrected chi connectivity index (χ4v) is 4.12. The quantitative estimate of drug-likeness (QED) is 0.562. The molecule has 0 bridgehead atoms. The molecule has 0 heterocycles. The van der Waals surface area contributed by atoms with Crippen LogP contribution in [0.25, 0.3) is 0 Å². The normalized spacial score (nSPS) is 20.2. The fourth-order valence-electron chi connectivity index (χ4n) is 2.97. The van der Waals surface area contributed by atoms with E-state index in [9.17, 15) is 0 Å². The maximum absolute atomic E-state index is 3.70. The molecule has 0 fully saturated rings. The molecule has 2 heteroatoms. The molecular formula is C19H29NS. The lowest BCUT2D eigenvalue weighted by atomic mass is 9.95. The summed E-state index contributed by atoms with van der Waals surface area (Å²) in [5, 5.41) is 3.70. The highest BCUT2D eigenvalue weighted by Gasteiger charge is 2.15. The van der Waals surface area contributed by atoms with Gasteiger partial charge in [-0.1, -0.05) is 49.6 Å². The second-order valence-electron chi connectivity index (χ2n) is 5.92.